The maximum Gasteiger partial charge on any atom is 0.341 e. The molecule has 2 fully saturated rings. The van der Waals surface area contributed by atoms with Gasteiger partial charge in [-0.1, -0.05) is 24.3 Å². The predicted octanol–water partition coefficient (Wildman–Crippen LogP) is 1.96. The normalized spacial score (nSPS) is 20.8. The average Bonchev–Trinajstić information content (AvgIpc) is 3.55. The van der Waals surface area contributed by atoms with Gasteiger partial charge in [0.15, 0.2) is 11.6 Å². The number of aromatic nitrogens is 2. The lowest BCUT2D eigenvalue weighted by molar-refractivity contribution is 0.0695. The van der Waals surface area contributed by atoms with Crippen LogP contribution >= 0.6 is 0 Å². The minimum atomic E-state index is -1.33. The van der Waals surface area contributed by atoms with Crippen LogP contribution in [0.2, 0.25) is 0 Å². The van der Waals surface area contributed by atoms with E-state index in [4.69, 9.17) is 11.5 Å². The number of halogens is 1. The number of aromatic carboxylic acids is 1. The molecule has 0 spiro atoms. The molecule has 0 amide bonds. The smallest absolute Gasteiger partial charge is 0.341 e. The molecule has 0 bridgehead atoms. The Kier molecular flexibility index (Phi) is 4.94. The third kappa shape index (κ3) is 3.43. The molecule has 3 heterocycles. The van der Waals surface area contributed by atoms with Gasteiger partial charge in [-0.2, -0.15) is 0 Å². The second kappa shape index (κ2) is 7.68. The minimum absolute atomic E-state index is 0.0154. The van der Waals surface area contributed by atoms with Crippen molar-refractivity contribution in [3.63, 3.8) is 0 Å². The highest BCUT2D eigenvalue weighted by Crippen LogP contribution is 2.38. The molecular formula is C23H24FN5O3. The maximum atomic E-state index is 15.2. The van der Waals surface area contributed by atoms with Crippen LogP contribution in [-0.4, -0.2) is 39.8 Å². The summed E-state index contributed by atoms with van der Waals surface area (Å²) in [7, 11) is 0. The fourth-order valence-electron chi connectivity index (χ4n) is 4.55. The number of nitrogens with zero attached hydrogens (tertiary/aromatic N) is 3. The Morgan fingerprint density at radius 1 is 1.25 bits per heavy atom. The van der Waals surface area contributed by atoms with Crippen LogP contribution in [-0.2, 0) is 6.54 Å². The van der Waals surface area contributed by atoms with E-state index in [-0.39, 0.29) is 34.8 Å². The van der Waals surface area contributed by atoms with Crippen molar-refractivity contribution >= 4 is 22.8 Å². The average molecular weight is 437 g/mol. The van der Waals surface area contributed by atoms with Crippen LogP contribution in [0.3, 0.4) is 0 Å². The number of hydrogen-bond acceptors (Lipinski definition) is 6. The summed E-state index contributed by atoms with van der Waals surface area (Å²) < 4.78 is 16.8. The number of carboxylic acids is 1. The molecule has 9 heteroatoms. The highest BCUT2D eigenvalue weighted by atomic mass is 19.1. The summed E-state index contributed by atoms with van der Waals surface area (Å²) in [5, 5.41) is 9.38. The minimum Gasteiger partial charge on any atom is -0.477 e. The number of carbonyl (C=O) groups is 1. The molecule has 32 heavy (non-hydrogen) atoms. The first kappa shape index (κ1) is 20.6. The molecular weight excluding hydrogens is 413 g/mol. The maximum absolute atomic E-state index is 15.2. The lowest BCUT2D eigenvalue weighted by Crippen LogP contribution is -2.29. The van der Waals surface area contributed by atoms with Crippen molar-refractivity contribution in [2.75, 3.05) is 18.0 Å². The number of fused-ring (bicyclic) bond motifs is 1. The molecule has 3 aromatic rings. The second-order valence-electron chi connectivity index (χ2n) is 8.60. The summed E-state index contributed by atoms with van der Waals surface area (Å²) in [6.45, 7) is 1.32. The molecule has 1 aromatic carbocycles. The molecule has 0 radical (unpaired) electrons. The lowest BCUT2D eigenvalue weighted by Gasteiger charge is -2.20. The van der Waals surface area contributed by atoms with E-state index in [0.29, 0.717) is 25.3 Å². The van der Waals surface area contributed by atoms with Crippen LogP contribution in [0.25, 0.3) is 11.0 Å². The van der Waals surface area contributed by atoms with Crippen molar-refractivity contribution in [3.05, 3.63) is 69.3 Å². The van der Waals surface area contributed by atoms with Gasteiger partial charge in [0.2, 0.25) is 5.43 Å². The standard InChI is InChI=1S/C23H24FN5O3/c24-18-7-15-20(30)17(23(31)32)10-29(14-4-5-14)21(15)27-22(18)28-9-16(19(26)11-28)13-3-1-2-12(6-13)8-25/h1-3,6-7,10,14,16,19H,4-5,8-9,11,25-26H2,(H,31,32)/t16-,19+/m1/s1. The van der Waals surface area contributed by atoms with Crippen molar-refractivity contribution < 1.29 is 14.3 Å². The van der Waals surface area contributed by atoms with Crippen LogP contribution < -0.4 is 21.8 Å². The van der Waals surface area contributed by atoms with Gasteiger partial charge in [-0.05, 0) is 30.0 Å². The van der Waals surface area contributed by atoms with Crippen molar-refractivity contribution in [3.8, 4) is 0 Å². The molecule has 1 aliphatic heterocycles. The fourth-order valence-corrected chi connectivity index (χ4v) is 4.55. The number of rotatable bonds is 5. The van der Waals surface area contributed by atoms with Gasteiger partial charge in [0, 0.05) is 43.8 Å². The molecule has 1 saturated heterocycles. The Morgan fingerprint density at radius 2 is 2.03 bits per heavy atom. The van der Waals surface area contributed by atoms with Crippen molar-refractivity contribution in [1.29, 1.82) is 0 Å². The van der Waals surface area contributed by atoms with E-state index in [1.807, 2.05) is 24.3 Å². The number of pyridine rings is 2. The van der Waals surface area contributed by atoms with E-state index in [0.717, 1.165) is 30.0 Å². The van der Waals surface area contributed by atoms with Crippen LogP contribution in [0.15, 0.2) is 41.3 Å². The zero-order valence-electron chi connectivity index (χ0n) is 17.4. The van der Waals surface area contributed by atoms with E-state index in [2.05, 4.69) is 4.98 Å². The molecule has 2 aliphatic rings. The number of carboxylic acid groups (broad SMARTS) is 1. The van der Waals surface area contributed by atoms with Gasteiger partial charge in [-0.25, -0.2) is 14.2 Å². The van der Waals surface area contributed by atoms with Gasteiger partial charge in [0.1, 0.15) is 11.2 Å². The summed E-state index contributed by atoms with van der Waals surface area (Å²) in [5.74, 6) is -1.88. The van der Waals surface area contributed by atoms with Gasteiger partial charge < -0.3 is 26.0 Å². The molecule has 2 atom stereocenters. The van der Waals surface area contributed by atoms with Crippen molar-refractivity contribution in [2.24, 2.45) is 11.5 Å². The molecule has 8 nitrogen and oxygen atoms in total. The Balaban J connectivity index is 1.57. The number of anilines is 1. The second-order valence-corrected chi connectivity index (χ2v) is 8.60. The van der Waals surface area contributed by atoms with Gasteiger partial charge in [-0.15, -0.1) is 0 Å². The summed E-state index contributed by atoms with van der Waals surface area (Å²) in [6, 6.07) is 8.87. The molecule has 5 N–H and O–H groups in total. The first-order chi connectivity index (χ1) is 15.4. The third-order valence-electron chi connectivity index (χ3n) is 6.39. The monoisotopic (exact) mass is 437 g/mol. The van der Waals surface area contributed by atoms with E-state index >= 15 is 4.39 Å². The molecule has 166 valence electrons. The SMILES string of the molecule is NCc1cccc([C@H]2CN(c3nc4c(cc3F)c(=O)c(C(=O)O)cn4C3CC3)C[C@@H]2N)c1. The Labute approximate surface area is 183 Å². The third-order valence-corrected chi connectivity index (χ3v) is 6.39. The van der Waals surface area contributed by atoms with Crippen LogP contribution in [0.1, 0.15) is 46.3 Å². The zero-order chi connectivity index (χ0) is 22.6. The van der Waals surface area contributed by atoms with E-state index in [1.54, 1.807) is 9.47 Å². The summed E-state index contributed by atoms with van der Waals surface area (Å²) >= 11 is 0. The molecule has 2 aromatic heterocycles. The molecule has 5 rings (SSSR count). The Morgan fingerprint density at radius 3 is 2.72 bits per heavy atom. The van der Waals surface area contributed by atoms with Gasteiger partial charge >= 0.3 is 5.97 Å². The van der Waals surface area contributed by atoms with E-state index in [1.165, 1.54) is 6.20 Å². The van der Waals surface area contributed by atoms with Crippen molar-refractivity contribution in [2.45, 2.75) is 37.4 Å². The van der Waals surface area contributed by atoms with Gasteiger partial charge in [-0.3, -0.25) is 4.79 Å². The zero-order valence-corrected chi connectivity index (χ0v) is 17.4. The quantitative estimate of drug-likeness (QED) is 0.557. The van der Waals surface area contributed by atoms with Crippen molar-refractivity contribution in [1.82, 2.24) is 9.55 Å². The van der Waals surface area contributed by atoms with Gasteiger partial charge in [0.05, 0.1) is 5.39 Å². The summed E-state index contributed by atoms with van der Waals surface area (Å²) in [5.41, 5.74) is 13.4. The number of benzene rings is 1. The Hall–Kier alpha value is -3.30. The molecule has 1 saturated carbocycles. The fraction of sp³-hybridized carbons (Fsp3) is 0.348. The largest absolute Gasteiger partial charge is 0.477 e. The number of hydrogen-bond donors (Lipinski definition) is 3. The highest BCUT2D eigenvalue weighted by Gasteiger charge is 2.34. The summed E-state index contributed by atoms with van der Waals surface area (Å²) in [4.78, 5) is 30.5. The highest BCUT2D eigenvalue weighted by molar-refractivity contribution is 5.92. The summed E-state index contributed by atoms with van der Waals surface area (Å²) in [6.07, 6.45) is 3.05. The molecule has 0 unspecified atom stereocenters. The van der Waals surface area contributed by atoms with Crippen LogP contribution in [0.5, 0.6) is 0 Å². The molecule has 1 aliphatic carbocycles. The van der Waals surface area contributed by atoms with Crippen LogP contribution in [0.4, 0.5) is 10.2 Å². The van der Waals surface area contributed by atoms with E-state index < -0.39 is 17.2 Å². The first-order valence-corrected chi connectivity index (χ1v) is 10.7. The van der Waals surface area contributed by atoms with E-state index in [9.17, 15) is 14.7 Å². The number of nitrogens with two attached hydrogens (primary N) is 2. The topological polar surface area (TPSA) is 127 Å². The predicted molar refractivity (Wildman–Crippen MR) is 118 cm³/mol. The van der Waals surface area contributed by atoms with Crippen LogP contribution in [0, 0.1) is 5.82 Å². The Bertz CT molecular complexity index is 1290. The van der Waals surface area contributed by atoms with Gasteiger partial charge in [0.25, 0.3) is 0 Å². The lowest BCUT2D eigenvalue weighted by atomic mass is 9.93. The first-order valence-electron chi connectivity index (χ1n) is 10.7.